The number of pyridine rings is 1. The molecule has 0 unspecified atom stereocenters. The molecule has 90 valence electrons. The third-order valence-corrected chi connectivity index (χ3v) is 3.85. The quantitative estimate of drug-likeness (QED) is 0.898. The molecule has 3 heterocycles. The fourth-order valence-electron chi connectivity index (χ4n) is 1.34. The lowest BCUT2D eigenvalue weighted by Gasteiger charge is -1.91. The van der Waals surface area contributed by atoms with E-state index in [2.05, 4.69) is 25.5 Å². The van der Waals surface area contributed by atoms with Crippen molar-refractivity contribution in [3.05, 3.63) is 24.5 Å². The van der Waals surface area contributed by atoms with Crippen molar-refractivity contribution in [2.45, 2.75) is 0 Å². The molecule has 0 radical (unpaired) electrons. The van der Waals surface area contributed by atoms with Gasteiger partial charge in [0.15, 0.2) is 10.2 Å². The Labute approximate surface area is 111 Å². The molecule has 1 N–H and O–H groups in total. The van der Waals surface area contributed by atoms with Crippen LogP contribution in [0.1, 0.15) is 0 Å². The highest BCUT2D eigenvalue weighted by atomic mass is 32.2. The fraction of sp³-hybridized carbons (Fsp3) is 0.100. The highest BCUT2D eigenvalue weighted by molar-refractivity contribution is 8.15. The summed E-state index contributed by atoms with van der Waals surface area (Å²) in [6.45, 7) is 0. The molecular formula is C10H7N5OS2. The molecule has 1 aliphatic heterocycles. The minimum Gasteiger partial charge on any atom is -0.304 e. The van der Waals surface area contributed by atoms with Crippen LogP contribution in [-0.2, 0) is 4.79 Å². The number of aliphatic imine (C=N–C) groups is 1. The van der Waals surface area contributed by atoms with Crippen LogP contribution in [0.3, 0.4) is 0 Å². The summed E-state index contributed by atoms with van der Waals surface area (Å²) in [7, 11) is 0. The molecule has 2 aromatic heterocycles. The van der Waals surface area contributed by atoms with E-state index in [0.717, 1.165) is 10.6 Å². The normalized spacial score (nSPS) is 17.1. The molecule has 2 aromatic rings. The molecule has 0 aliphatic carbocycles. The number of hydrogen-bond acceptors (Lipinski definition) is 7. The van der Waals surface area contributed by atoms with Gasteiger partial charge in [-0.1, -0.05) is 23.1 Å². The Hall–Kier alpha value is -1.80. The summed E-state index contributed by atoms with van der Waals surface area (Å²) in [6, 6.07) is 3.76. The van der Waals surface area contributed by atoms with Crippen molar-refractivity contribution in [3.63, 3.8) is 0 Å². The molecule has 1 amide bonds. The second-order valence-electron chi connectivity index (χ2n) is 3.39. The third kappa shape index (κ3) is 2.39. The van der Waals surface area contributed by atoms with Crippen molar-refractivity contribution >= 4 is 39.3 Å². The number of thioether (sulfide) groups is 1. The van der Waals surface area contributed by atoms with Gasteiger partial charge in [-0.25, -0.2) is 0 Å². The summed E-state index contributed by atoms with van der Waals surface area (Å²) in [6.07, 6.45) is 3.43. The van der Waals surface area contributed by atoms with Gasteiger partial charge in [0.2, 0.25) is 11.0 Å². The molecule has 3 rings (SSSR count). The number of rotatable bonds is 2. The first kappa shape index (κ1) is 11.3. The number of nitrogens with one attached hydrogen (secondary N) is 1. The summed E-state index contributed by atoms with van der Waals surface area (Å²) in [5.74, 6) is 0.378. The number of hydrogen-bond donors (Lipinski definition) is 1. The maximum atomic E-state index is 11.0. The fourth-order valence-corrected chi connectivity index (χ4v) is 2.79. The highest BCUT2D eigenvalue weighted by Gasteiger charge is 2.17. The van der Waals surface area contributed by atoms with Crippen LogP contribution in [0.2, 0.25) is 0 Å². The summed E-state index contributed by atoms with van der Waals surface area (Å²) in [5, 5.41) is 12.5. The molecule has 1 saturated heterocycles. The Balaban J connectivity index is 1.84. The number of nitrogens with zero attached hydrogens (tertiary/aromatic N) is 4. The van der Waals surface area contributed by atoms with Gasteiger partial charge in [0.1, 0.15) is 0 Å². The van der Waals surface area contributed by atoms with E-state index in [4.69, 9.17) is 0 Å². The molecule has 0 atom stereocenters. The molecule has 6 nitrogen and oxygen atoms in total. The zero-order chi connectivity index (χ0) is 12.4. The van der Waals surface area contributed by atoms with Crippen molar-refractivity contribution in [2.75, 3.05) is 5.75 Å². The molecule has 0 spiro atoms. The first-order chi connectivity index (χ1) is 8.81. The van der Waals surface area contributed by atoms with Gasteiger partial charge in [-0.05, 0) is 12.1 Å². The summed E-state index contributed by atoms with van der Waals surface area (Å²) in [5.41, 5.74) is 0.907. The Bertz CT molecular complexity index is 610. The van der Waals surface area contributed by atoms with Gasteiger partial charge in [0.25, 0.3) is 0 Å². The maximum absolute atomic E-state index is 11.0. The van der Waals surface area contributed by atoms with Crippen LogP contribution < -0.4 is 5.32 Å². The van der Waals surface area contributed by atoms with Crippen molar-refractivity contribution in [1.82, 2.24) is 20.5 Å². The van der Waals surface area contributed by atoms with E-state index in [1.165, 1.54) is 23.1 Å². The smallest absolute Gasteiger partial charge is 0.236 e. The average Bonchev–Trinajstić information content (AvgIpc) is 3.01. The molecule has 0 bridgehead atoms. The van der Waals surface area contributed by atoms with Gasteiger partial charge >= 0.3 is 0 Å². The van der Waals surface area contributed by atoms with Gasteiger partial charge in [0, 0.05) is 18.0 Å². The number of amides is 1. The van der Waals surface area contributed by atoms with Crippen LogP contribution in [0, 0.1) is 0 Å². The Morgan fingerprint density at radius 2 is 2.33 bits per heavy atom. The summed E-state index contributed by atoms with van der Waals surface area (Å²) in [4.78, 5) is 19.3. The Kier molecular flexibility index (Phi) is 3.03. The van der Waals surface area contributed by atoms with Crippen LogP contribution >= 0.6 is 23.1 Å². The lowest BCUT2D eigenvalue weighted by atomic mass is 10.3. The third-order valence-electron chi connectivity index (χ3n) is 2.11. The Morgan fingerprint density at radius 1 is 1.39 bits per heavy atom. The van der Waals surface area contributed by atoms with Crippen LogP contribution in [-0.4, -0.2) is 32.0 Å². The van der Waals surface area contributed by atoms with Gasteiger partial charge in [0.05, 0.1) is 5.75 Å². The second-order valence-corrected chi connectivity index (χ2v) is 5.31. The molecule has 1 fully saturated rings. The molecule has 1 aliphatic rings. The van der Waals surface area contributed by atoms with Gasteiger partial charge < -0.3 is 5.32 Å². The number of carbonyl (C=O) groups excluding carboxylic acids is 1. The lowest BCUT2D eigenvalue weighted by Crippen LogP contribution is -2.19. The number of amidine groups is 1. The van der Waals surface area contributed by atoms with E-state index >= 15 is 0 Å². The van der Waals surface area contributed by atoms with Gasteiger partial charge in [-0.3, -0.25) is 9.78 Å². The molecule has 18 heavy (non-hydrogen) atoms. The van der Waals surface area contributed by atoms with Crippen LogP contribution in [0.15, 0.2) is 29.5 Å². The predicted molar refractivity (Wildman–Crippen MR) is 70.8 cm³/mol. The van der Waals surface area contributed by atoms with E-state index < -0.39 is 0 Å². The van der Waals surface area contributed by atoms with E-state index in [1.807, 2.05) is 12.1 Å². The second kappa shape index (κ2) is 4.83. The van der Waals surface area contributed by atoms with E-state index in [1.54, 1.807) is 12.4 Å². The lowest BCUT2D eigenvalue weighted by molar-refractivity contribution is -0.116. The molecule has 8 heteroatoms. The van der Waals surface area contributed by atoms with Crippen molar-refractivity contribution in [2.24, 2.45) is 4.99 Å². The summed E-state index contributed by atoms with van der Waals surface area (Å²) >= 11 is 2.73. The standard InChI is InChI=1S/C10H7N5OS2/c16-7-5-17-9(12-7)13-10-15-14-8(18-10)6-2-1-3-11-4-6/h1-4H,5H2,(H,12,13,15,16). The number of aromatic nitrogens is 3. The van der Waals surface area contributed by atoms with E-state index in [9.17, 15) is 4.79 Å². The minimum absolute atomic E-state index is 0.0317. The van der Waals surface area contributed by atoms with Crippen molar-refractivity contribution in [1.29, 1.82) is 0 Å². The average molecular weight is 277 g/mol. The van der Waals surface area contributed by atoms with Gasteiger partial charge in [-0.2, -0.15) is 4.99 Å². The number of carbonyl (C=O) groups is 1. The zero-order valence-electron chi connectivity index (χ0n) is 9.03. The van der Waals surface area contributed by atoms with Crippen LogP contribution in [0.5, 0.6) is 0 Å². The molecular weight excluding hydrogens is 270 g/mol. The maximum Gasteiger partial charge on any atom is 0.236 e. The minimum atomic E-state index is -0.0317. The topological polar surface area (TPSA) is 80.1 Å². The van der Waals surface area contributed by atoms with E-state index in [0.29, 0.717) is 16.1 Å². The SMILES string of the molecule is O=C1CSC(=Nc2nnc(-c3cccnc3)s2)N1. The largest absolute Gasteiger partial charge is 0.304 e. The molecule has 0 saturated carbocycles. The molecule has 0 aromatic carbocycles. The van der Waals surface area contributed by atoms with Crippen molar-refractivity contribution < 1.29 is 4.79 Å². The monoisotopic (exact) mass is 277 g/mol. The Morgan fingerprint density at radius 3 is 3.06 bits per heavy atom. The highest BCUT2D eigenvalue weighted by Crippen LogP contribution is 2.28. The van der Waals surface area contributed by atoms with Crippen LogP contribution in [0.25, 0.3) is 10.6 Å². The van der Waals surface area contributed by atoms with Crippen molar-refractivity contribution in [3.8, 4) is 10.6 Å². The van der Waals surface area contributed by atoms with Gasteiger partial charge in [-0.15, -0.1) is 10.2 Å². The first-order valence-electron chi connectivity index (χ1n) is 5.06. The first-order valence-corrected chi connectivity index (χ1v) is 6.87. The van der Waals surface area contributed by atoms with E-state index in [-0.39, 0.29) is 5.91 Å². The predicted octanol–water partition coefficient (Wildman–Crippen LogP) is 1.45. The zero-order valence-corrected chi connectivity index (χ0v) is 10.7. The van der Waals surface area contributed by atoms with Crippen LogP contribution in [0.4, 0.5) is 5.13 Å². The summed E-state index contributed by atoms with van der Waals surface area (Å²) < 4.78 is 0.